The molecule has 1 rings (SSSR count). The molecule has 0 radical (unpaired) electrons. The topological polar surface area (TPSA) is 24.9 Å². The van der Waals surface area contributed by atoms with E-state index in [-0.39, 0.29) is 0 Å². The summed E-state index contributed by atoms with van der Waals surface area (Å²) in [5.41, 5.74) is 1.10. The Hall–Kier alpha value is -0.220. The van der Waals surface area contributed by atoms with Gasteiger partial charge in [-0.05, 0) is 13.2 Å². The minimum Gasteiger partial charge on any atom is -0.360 e. The molecule has 12 heavy (non-hydrogen) atoms. The van der Waals surface area contributed by atoms with Gasteiger partial charge in [-0.2, -0.15) is 11.8 Å². The minimum absolute atomic E-state index is 0.647. The van der Waals surface area contributed by atoms with Crippen molar-refractivity contribution >= 4 is 28.2 Å². The van der Waals surface area contributed by atoms with E-state index < -0.39 is 0 Å². The van der Waals surface area contributed by atoms with Crippen LogP contribution in [0.4, 0.5) is 5.13 Å². The van der Waals surface area contributed by atoms with E-state index in [0.717, 1.165) is 17.4 Å². The second kappa shape index (κ2) is 4.72. The average Bonchev–Trinajstić information content (AvgIpc) is 2.47. The standard InChI is InChI=1S/C8H14N2S2/c1-6-5-12-8(10-6)9-4-7(2)11-3/h5,7H,4H2,1-3H3,(H,9,10). The van der Waals surface area contributed by atoms with Crippen LogP contribution in [0.25, 0.3) is 0 Å². The molecule has 1 aromatic rings. The van der Waals surface area contributed by atoms with Gasteiger partial charge in [-0.1, -0.05) is 6.92 Å². The second-order valence-corrected chi connectivity index (χ2v) is 4.86. The number of hydrogen-bond acceptors (Lipinski definition) is 4. The second-order valence-electron chi connectivity index (χ2n) is 2.72. The van der Waals surface area contributed by atoms with Gasteiger partial charge in [-0.3, -0.25) is 0 Å². The van der Waals surface area contributed by atoms with E-state index >= 15 is 0 Å². The van der Waals surface area contributed by atoms with E-state index in [1.165, 1.54) is 0 Å². The number of thiazole rings is 1. The molecule has 0 fully saturated rings. The van der Waals surface area contributed by atoms with Crippen molar-refractivity contribution in [3.63, 3.8) is 0 Å². The van der Waals surface area contributed by atoms with E-state index in [4.69, 9.17) is 0 Å². The molecule has 0 amide bonds. The fourth-order valence-electron chi connectivity index (χ4n) is 0.750. The molecule has 0 aromatic carbocycles. The smallest absolute Gasteiger partial charge is 0.182 e. The van der Waals surface area contributed by atoms with Gasteiger partial charge in [-0.25, -0.2) is 4.98 Å². The molecule has 0 aliphatic rings. The van der Waals surface area contributed by atoms with Crippen LogP contribution in [0.5, 0.6) is 0 Å². The zero-order chi connectivity index (χ0) is 8.97. The summed E-state index contributed by atoms with van der Waals surface area (Å²) in [6.45, 7) is 5.21. The molecule has 4 heteroatoms. The number of nitrogens with zero attached hydrogens (tertiary/aromatic N) is 1. The van der Waals surface area contributed by atoms with Crippen molar-refractivity contribution in [2.24, 2.45) is 0 Å². The summed E-state index contributed by atoms with van der Waals surface area (Å²) < 4.78 is 0. The highest BCUT2D eigenvalue weighted by molar-refractivity contribution is 7.99. The Morgan fingerprint density at radius 1 is 1.75 bits per heavy atom. The van der Waals surface area contributed by atoms with Gasteiger partial charge in [-0.15, -0.1) is 11.3 Å². The molecule has 0 spiro atoms. The molecule has 0 saturated carbocycles. The monoisotopic (exact) mass is 202 g/mol. The molecule has 1 aromatic heterocycles. The molecule has 0 bridgehead atoms. The first-order valence-electron chi connectivity index (χ1n) is 3.91. The van der Waals surface area contributed by atoms with E-state index in [2.05, 4.69) is 28.9 Å². The Morgan fingerprint density at radius 3 is 3.00 bits per heavy atom. The van der Waals surface area contributed by atoms with Crippen molar-refractivity contribution < 1.29 is 0 Å². The van der Waals surface area contributed by atoms with E-state index in [9.17, 15) is 0 Å². The summed E-state index contributed by atoms with van der Waals surface area (Å²) in [4.78, 5) is 4.32. The van der Waals surface area contributed by atoms with Crippen molar-refractivity contribution in [1.29, 1.82) is 0 Å². The Balaban J connectivity index is 2.33. The maximum Gasteiger partial charge on any atom is 0.182 e. The molecular weight excluding hydrogens is 188 g/mol. The molecule has 1 unspecified atom stereocenters. The third-order valence-electron chi connectivity index (χ3n) is 1.56. The lowest BCUT2D eigenvalue weighted by molar-refractivity contribution is 0.997. The van der Waals surface area contributed by atoms with Crippen molar-refractivity contribution in [1.82, 2.24) is 4.98 Å². The molecular formula is C8H14N2S2. The predicted octanol–water partition coefficient (Wildman–Crippen LogP) is 2.61. The number of rotatable bonds is 4. The van der Waals surface area contributed by atoms with Crippen LogP contribution < -0.4 is 5.32 Å². The van der Waals surface area contributed by atoms with Gasteiger partial charge in [0.05, 0.1) is 5.69 Å². The summed E-state index contributed by atoms with van der Waals surface area (Å²) in [5, 5.41) is 7.05. The zero-order valence-corrected chi connectivity index (χ0v) is 9.26. The molecule has 1 N–H and O–H groups in total. The largest absolute Gasteiger partial charge is 0.360 e. The van der Waals surface area contributed by atoms with Crippen LogP contribution in [0.3, 0.4) is 0 Å². The highest BCUT2D eigenvalue weighted by Crippen LogP contribution is 2.15. The van der Waals surface area contributed by atoms with Crippen molar-refractivity contribution in [3.8, 4) is 0 Å². The lowest BCUT2D eigenvalue weighted by Crippen LogP contribution is -2.12. The fraction of sp³-hybridized carbons (Fsp3) is 0.625. The Bertz CT molecular complexity index is 235. The lowest BCUT2D eigenvalue weighted by atomic mass is 10.5. The van der Waals surface area contributed by atoms with Crippen molar-refractivity contribution in [2.75, 3.05) is 18.1 Å². The molecule has 0 aliphatic heterocycles. The molecule has 1 atom stereocenters. The summed E-state index contributed by atoms with van der Waals surface area (Å²) in [6.07, 6.45) is 2.12. The summed E-state index contributed by atoms with van der Waals surface area (Å²) >= 11 is 3.54. The first-order valence-corrected chi connectivity index (χ1v) is 6.08. The highest BCUT2D eigenvalue weighted by Gasteiger charge is 2.00. The van der Waals surface area contributed by atoms with E-state index in [1.807, 2.05) is 18.7 Å². The normalized spacial score (nSPS) is 12.9. The maximum atomic E-state index is 4.32. The third kappa shape index (κ3) is 3.03. The van der Waals surface area contributed by atoms with Crippen LogP contribution in [0.15, 0.2) is 5.38 Å². The Labute approximate surface area is 81.8 Å². The molecule has 0 aliphatic carbocycles. The summed E-state index contributed by atoms with van der Waals surface area (Å²) in [6, 6.07) is 0. The predicted molar refractivity (Wildman–Crippen MR) is 58.3 cm³/mol. The number of nitrogens with one attached hydrogen (secondary N) is 1. The van der Waals surface area contributed by atoms with Crippen molar-refractivity contribution in [2.45, 2.75) is 19.1 Å². The van der Waals surface area contributed by atoms with Gasteiger partial charge in [0.25, 0.3) is 0 Å². The summed E-state index contributed by atoms with van der Waals surface area (Å²) in [5.74, 6) is 0. The van der Waals surface area contributed by atoms with Gasteiger partial charge in [0.2, 0.25) is 0 Å². The van der Waals surface area contributed by atoms with E-state index in [0.29, 0.717) is 5.25 Å². The van der Waals surface area contributed by atoms with Crippen LogP contribution in [0.1, 0.15) is 12.6 Å². The number of aromatic nitrogens is 1. The van der Waals surface area contributed by atoms with Gasteiger partial charge >= 0.3 is 0 Å². The number of aryl methyl sites for hydroxylation is 1. The summed E-state index contributed by atoms with van der Waals surface area (Å²) in [7, 11) is 0. The van der Waals surface area contributed by atoms with E-state index in [1.54, 1.807) is 11.3 Å². The first-order chi connectivity index (χ1) is 5.72. The Morgan fingerprint density at radius 2 is 2.50 bits per heavy atom. The average molecular weight is 202 g/mol. The van der Waals surface area contributed by atoms with Gasteiger partial charge in [0, 0.05) is 17.2 Å². The van der Waals surface area contributed by atoms with Gasteiger partial charge < -0.3 is 5.32 Å². The van der Waals surface area contributed by atoms with Gasteiger partial charge in [0.1, 0.15) is 0 Å². The van der Waals surface area contributed by atoms with Crippen LogP contribution >= 0.6 is 23.1 Å². The fourth-order valence-corrected chi connectivity index (χ4v) is 1.70. The highest BCUT2D eigenvalue weighted by atomic mass is 32.2. The van der Waals surface area contributed by atoms with Crippen molar-refractivity contribution in [3.05, 3.63) is 11.1 Å². The number of anilines is 1. The SMILES string of the molecule is CSC(C)CNc1nc(C)cs1. The zero-order valence-electron chi connectivity index (χ0n) is 7.63. The lowest BCUT2D eigenvalue weighted by Gasteiger charge is -2.07. The molecule has 0 saturated heterocycles. The van der Waals surface area contributed by atoms with Gasteiger partial charge in [0.15, 0.2) is 5.13 Å². The van der Waals surface area contributed by atoms with Crippen LogP contribution in [0, 0.1) is 6.92 Å². The van der Waals surface area contributed by atoms with Crippen LogP contribution in [-0.2, 0) is 0 Å². The number of hydrogen-bond donors (Lipinski definition) is 1. The maximum absolute atomic E-state index is 4.32. The first kappa shape index (κ1) is 9.86. The molecule has 68 valence electrons. The number of thioether (sulfide) groups is 1. The van der Waals surface area contributed by atoms with Crippen LogP contribution in [-0.4, -0.2) is 23.0 Å². The Kier molecular flexibility index (Phi) is 3.88. The van der Waals surface area contributed by atoms with Crippen LogP contribution in [0.2, 0.25) is 0 Å². The molecule has 2 nitrogen and oxygen atoms in total. The quantitative estimate of drug-likeness (QED) is 0.812. The molecule has 1 heterocycles. The third-order valence-corrected chi connectivity index (χ3v) is 3.45. The minimum atomic E-state index is 0.647.